The van der Waals surface area contributed by atoms with Crippen LogP contribution >= 0.6 is 0 Å². The normalized spacial score (nSPS) is 11.1. The first-order valence-electron chi connectivity index (χ1n) is 7.53. The molecule has 0 saturated carbocycles. The van der Waals surface area contributed by atoms with Gasteiger partial charge in [0.25, 0.3) is 0 Å². The summed E-state index contributed by atoms with van der Waals surface area (Å²) >= 11 is 0. The highest BCUT2D eigenvalue weighted by molar-refractivity contribution is 7.79. The van der Waals surface area contributed by atoms with E-state index >= 15 is 0 Å². The summed E-state index contributed by atoms with van der Waals surface area (Å²) in [7, 11) is -4.67. The van der Waals surface area contributed by atoms with E-state index in [1.807, 2.05) is 0 Å². The van der Waals surface area contributed by atoms with Crippen LogP contribution in [-0.2, 0) is 29.3 Å². The zero-order chi connectivity index (χ0) is 17.8. The third-order valence-electron chi connectivity index (χ3n) is 2.24. The summed E-state index contributed by atoms with van der Waals surface area (Å²) in [5, 5.41) is 8.46. The van der Waals surface area contributed by atoms with Crippen molar-refractivity contribution >= 4 is 10.4 Å². The van der Waals surface area contributed by atoms with Crippen molar-refractivity contribution in [1.82, 2.24) is 0 Å². The fourth-order valence-electron chi connectivity index (χ4n) is 1.28. The van der Waals surface area contributed by atoms with Crippen molar-refractivity contribution in [2.45, 2.75) is 26.2 Å². The zero-order valence-corrected chi connectivity index (χ0v) is 14.5. The molecule has 0 aromatic carbocycles. The minimum absolute atomic E-state index is 0.0569. The zero-order valence-electron chi connectivity index (χ0n) is 13.7. The molecule has 0 spiro atoms. The lowest BCUT2D eigenvalue weighted by atomic mass is 10.3. The Balaban J connectivity index is 0. The Hall–Kier alpha value is -0.330. The average Bonchev–Trinajstić information content (AvgIpc) is 2.46. The van der Waals surface area contributed by atoms with Gasteiger partial charge in [-0.1, -0.05) is 19.8 Å². The molecule has 0 aliphatic heterocycles. The molecule has 0 atom stereocenters. The predicted molar refractivity (Wildman–Crippen MR) is 84.1 cm³/mol. The molecule has 23 heavy (non-hydrogen) atoms. The van der Waals surface area contributed by atoms with Gasteiger partial charge in [-0.05, 0) is 6.42 Å². The van der Waals surface area contributed by atoms with Gasteiger partial charge in [-0.3, -0.25) is 9.11 Å². The first-order valence-corrected chi connectivity index (χ1v) is 8.93. The lowest BCUT2D eigenvalue weighted by molar-refractivity contribution is -0.00575. The molecule has 0 aliphatic carbocycles. The van der Waals surface area contributed by atoms with Gasteiger partial charge >= 0.3 is 10.4 Å². The summed E-state index contributed by atoms with van der Waals surface area (Å²) in [5.74, 6) is 0. The summed E-state index contributed by atoms with van der Waals surface area (Å²) in [4.78, 5) is 0. The van der Waals surface area contributed by atoms with Crippen LogP contribution in [0.2, 0.25) is 0 Å². The molecule has 0 aromatic rings. The van der Waals surface area contributed by atoms with Gasteiger partial charge in [-0.15, -0.1) is 0 Å². The highest BCUT2D eigenvalue weighted by Crippen LogP contribution is 1.93. The highest BCUT2D eigenvalue weighted by Gasteiger charge is 1.92. The number of rotatable bonds is 15. The second-order valence-electron chi connectivity index (χ2n) is 4.33. The molecule has 0 unspecified atom stereocenters. The van der Waals surface area contributed by atoms with E-state index < -0.39 is 10.4 Å². The fourth-order valence-corrected chi connectivity index (χ4v) is 1.28. The second kappa shape index (κ2) is 19.7. The first kappa shape index (κ1) is 24.9. The summed E-state index contributed by atoms with van der Waals surface area (Å²) in [5.41, 5.74) is 0. The molecule has 0 aliphatic rings. The van der Waals surface area contributed by atoms with Crippen molar-refractivity contribution in [3.63, 3.8) is 0 Å². The molecular formula is C13H30O9S. The van der Waals surface area contributed by atoms with E-state index in [-0.39, 0.29) is 6.61 Å². The predicted octanol–water partition coefficient (Wildman–Crippen LogP) is 0.583. The lowest BCUT2D eigenvalue weighted by Gasteiger charge is -2.07. The summed E-state index contributed by atoms with van der Waals surface area (Å²) in [6, 6.07) is 0. The molecule has 0 bridgehead atoms. The van der Waals surface area contributed by atoms with E-state index in [2.05, 4.69) is 6.92 Å². The van der Waals surface area contributed by atoms with Crippen LogP contribution in [0.1, 0.15) is 26.2 Å². The number of hydrogen-bond acceptors (Lipinski definition) is 7. The summed E-state index contributed by atoms with van der Waals surface area (Å²) < 4.78 is 52.6. The van der Waals surface area contributed by atoms with Gasteiger partial charge in [-0.2, -0.15) is 8.42 Å². The minimum Gasteiger partial charge on any atom is -0.394 e. The summed E-state index contributed by atoms with van der Waals surface area (Å²) in [6.07, 6.45) is 3.58. The van der Waals surface area contributed by atoms with Crippen molar-refractivity contribution in [1.29, 1.82) is 0 Å². The number of ether oxygens (including phenoxy) is 4. The van der Waals surface area contributed by atoms with Crippen LogP contribution in [-0.4, -0.2) is 82.1 Å². The molecule has 0 aromatic heterocycles. The van der Waals surface area contributed by atoms with Crippen LogP contribution in [0.5, 0.6) is 0 Å². The molecule has 0 heterocycles. The van der Waals surface area contributed by atoms with Crippen molar-refractivity contribution in [2.75, 3.05) is 59.5 Å². The smallest absolute Gasteiger partial charge is 0.394 e. The standard InChI is InChI=1S/C13H28O5.H2O4S/c1-2-3-4-6-15-8-10-17-12-13-18-11-9-16-7-5-14;1-5(2,3)4/h14H,2-13H2,1H3;(H2,1,2,3,4). The van der Waals surface area contributed by atoms with Crippen molar-refractivity contribution in [3.8, 4) is 0 Å². The molecule has 0 saturated heterocycles. The van der Waals surface area contributed by atoms with E-state index in [9.17, 15) is 0 Å². The molecular weight excluding hydrogens is 332 g/mol. The van der Waals surface area contributed by atoms with E-state index in [1.54, 1.807) is 0 Å². The topological polar surface area (TPSA) is 132 Å². The molecule has 0 rings (SSSR count). The van der Waals surface area contributed by atoms with Gasteiger partial charge in [0, 0.05) is 6.61 Å². The van der Waals surface area contributed by atoms with Crippen LogP contribution in [0.25, 0.3) is 0 Å². The molecule has 10 heteroatoms. The third kappa shape index (κ3) is 39.0. The number of aliphatic hydroxyl groups excluding tert-OH is 1. The lowest BCUT2D eigenvalue weighted by Crippen LogP contribution is -2.12. The van der Waals surface area contributed by atoms with E-state index in [0.717, 1.165) is 13.0 Å². The van der Waals surface area contributed by atoms with Gasteiger partial charge in [0.1, 0.15) is 0 Å². The van der Waals surface area contributed by atoms with Gasteiger partial charge in [0.05, 0.1) is 52.9 Å². The van der Waals surface area contributed by atoms with Crippen LogP contribution in [0.3, 0.4) is 0 Å². The minimum atomic E-state index is -4.67. The highest BCUT2D eigenvalue weighted by atomic mass is 32.3. The molecule has 142 valence electrons. The number of aliphatic hydroxyl groups is 1. The van der Waals surface area contributed by atoms with E-state index in [4.69, 9.17) is 41.6 Å². The SMILES string of the molecule is CCCCCOCCOCCOCCOCCO.O=S(=O)(O)O. The van der Waals surface area contributed by atoms with Gasteiger partial charge in [0.15, 0.2) is 0 Å². The van der Waals surface area contributed by atoms with Gasteiger partial charge < -0.3 is 24.1 Å². The third-order valence-corrected chi connectivity index (χ3v) is 2.24. The maximum atomic E-state index is 8.74. The Labute approximate surface area is 138 Å². The van der Waals surface area contributed by atoms with Crippen LogP contribution in [0.4, 0.5) is 0 Å². The maximum absolute atomic E-state index is 8.74. The van der Waals surface area contributed by atoms with Crippen molar-refractivity contribution in [3.05, 3.63) is 0 Å². The average molecular weight is 362 g/mol. The van der Waals surface area contributed by atoms with Crippen LogP contribution in [0, 0.1) is 0 Å². The largest absolute Gasteiger partial charge is 0.394 e. The Morgan fingerprint density at radius 2 is 1.04 bits per heavy atom. The van der Waals surface area contributed by atoms with Gasteiger partial charge in [0.2, 0.25) is 0 Å². The fraction of sp³-hybridized carbons (Fsp3) is 1.00. The van der Waals surface area contributed by atoms with Crippen LogP contribution in [0.15, 0.2) is 0 Å². The van der Waals surface area contributed by atoms with E-state index in [0.29, 0.717) is 46.2 Å². The Kier molecular flexibility index (Phi) is 21.4. The molecule has 0 radical (unpaired) electrons. The molecule has 3 N–H and O–H groups in total. The second-order valence-corrected chi connectivity index (χ2v) is 5.22. The molecule has 0 amide bonds. The van der Waals surface area contributed by atoms with E-state index in [1.165, 1.54) is 12.8 Å². The van der Waals surface area contributed by atoms with Crippen molar-refractivity contribution in [2.24, 2.45) is 0 Å². The number of unbranched alkanes of at least 4 members (excludes halogenated alkanes) is 2. The Bertz CT molecular complexity index is 285. The van der Waals surface area contributed by atoms with Crippen LogP contribution < -0.4 is 0 Å². The molecule has 0 fully saturated rings. The van der Waals surface area contributed by atoms with Crippen molar-refractivity contribution < 1.29 is 41.6 Å². The quantitative estimate of drug-likeness (QED) is 0.283. The number of hydrogen-bond donors (Lipinski definition) is 3. The first-order chi connectivity index (χ1) is 10.9. The molecule has 9 nitrogen and oxygen atoms in total. The monoisotopic (exact) mass is 362 g/mol. The summed E-state index contributed by atoms with van der Waals surface area (Å²) in [6.45, 7) is 6.92. The maximum Gasteiger partial charge on any atom is 0.394 e. The Morgan fingerprint density at radius 3 is 1.39 bits per heavy atom. The van der Waals surface area contributed by atoms with Gasteiger partial charge in [-0.25, -0.2) is 0 Å². The Morgan fingerprint density at radius 1 is 0.696 bits per heavy atom.